The Balaban J connectivity index is 1.72. The second-order valence-corrected chi connectivity index (χ2v) is 5.53. The molecule has 112 valence electrons. The average Bonchev–Trinajstić information content (AvgIpc) is 3.07. The zero-order valence-corrected chi connectivity index (χ0v) is 12.9. The summed E-state index contributed by atoms with van der Waals surface area (Å²) in [5.41, 5.74) is 2.26. The third-order valence-electron chi connectivity index (χ3n) is 3.47. The Morgan fingerprint density at radius 3 is 2.50 bits per heavy atom. The lowest BCUT2D eigenvalue weighted by Gasteiger charge is -2.19. The second kappa shape index (κ2) is 7.25. The van der Waals surface area contributed by atoms with Crippen molar-refractivity contribution in [2.75, 3.05) is 0 Å². The molecule has 1 atom stereocenters. The van der Waals surface area contributed by atoms with Gasteiger partial charge in [-0.3, -0.25) is 0 Å². The van der Waals surface area contributed by atoms with Gasteiger partial charge in [0.05, 0.1) is 19.5 Å². The minimum Gasteiger partial charge on any atom is -0.367 e. The first kappa shape index (κ1) is 14.8. The highest BCUT2D eigenvalue weighted by atomic mass is 35.5. The van der Waals surface area contributed by atoms with E-state index >= 15 is 0 Å². The van der Waals surface area contributed by atoms with E-state index in [-0.39, 0.29) is 6.10 Å². The second-order valence-electron chi connectivity index (χ2n) is 5.10. The van der Waals surface area contributed by atoms with E-state index in [1.165, 1.54) is 0 Å². The van der Waals surface area contributed by atoms with Gasteiger partial charge in [-0.2, -0.15) is 0 Å². The number of imidazole rings is 1. The van der Waals surface area contributed by atoms with Gasteiger partial charge in [-0.25, -0.2) is 4.98 Å². The molecule has 0 fully saturated rings. The summed E-state index contributed by atoms with van der Waals surface area (Å²) in [5, 5.41) is 0.738. The van der Waals surface area contributed by atoms with Gasteiger partial charge in [0.1, 0.15) is 6.10 Å². The van der Waals surface area contributed by atoms with Crippen LogP contribution >= 0.6 is 11.6 Å². The van der Waals surface area contributed by atoms with Crippen LogP contribution in [0.4, 0.5) is 0 Å². The predicted molar refractivity (Wildman–Crippen MR) is 87.7 cm³/mol. The summed E-state index contributed by atoms with van der Waals surface area (Å²) in [6.07, 6.45) is 5.51. The van der Waals surface area contributed by atoms with Crippen LogP contribution in [0.5, 0.6) is 0 Å². The van der Waals surface area contributed by atoms with E-state index in [1.807, 2.05) is 59.6 Å². The van der Waals surface area contributed by atoms with Crippen LogP contribution in [0.25, 0.3) is 0 Å². The molecule has 0 aliphatic rings. The van der Waals surface area contributed by atoms with Crippen LogP contribution in [0.2, 0.25) is 5.02 Å². The number of hydrogen-bond donors (Lipinski definition) is 0. The van der Waals surface area contributed by atoms with Crippen LogP contribution in [0.1, 0.15) is 17.2 Å². The molecule has 2 aromatic carbocycles. The van der Waals surface area contributed by atoms with Gasteiger partial charge in [0.2, 0.25) is 0 Å². The Labute approximate surface area is 135 Å². The van der Waals surface area contributed by atoms with E-state index in [4.69, 9.17) is 16.3 Å². The van der Waals surface area contributed by atoms with Gasteiger partial charge in [-0.15, -0.1) is 0 Å². The highest BCUT2D eigenvalue weighted by Gasteiger charge is 2.12. The van der Waals surface area contributed by atoms with E-state index in [1.54, 1.807) is 6.20 Å². The van der Waals surface area contributed by atoms with Crippen LogP contribution in [0, 0.1) is 0 Å². The average molecular weight is 313 g/mol. The van der Waals surface area contributed by atoms with E-state index in [0.29, 0.717) is 6.61 Å². The molecule has 1 heterocycles. The van der Waals surface area contributed by atoms with Gasteiger partial charge in [-0.1, -0.05) is 54.1 Å². The Kier molecular flexibility index (Phi) is 4.88. The van der Waals surface area contributed by atoms with Crippen molar-refractivity contribution in [3.63, 3.8) is 0 Å². The Hall–Kier alpha value is -2.10. The summed E-state index contributed by atoms with van der Waals surface area (Å²) in [6, 6.07) is 18.0. The highest BCUT2D eigenvalue weighted by Crippen LogP contribution is 2.21. The van der Waals surface area contributed by atoms with Gasteiger partial charge in [0, 0.05) is 17.4 Å². The highest BCUT2D eigenvalue weighted by molar-refractivity contribution is 6.30. The number of benzene rings is 2. The van der Waals surface area contributed by atoms with Crippen molar-refractivity contribution >= 4 is 11.6 Å². The fraction of sp³-hybridized carbons (Fsp3) is 0.167. The van der Waals surface area contributed by atoms with Crippen LogP contribution in [-0.4, -0.2) is 9.55 Å². The van der Waals surface area contributed by atoms with Gasteiger partial charge >= 0.3 is 0 Å². The fourth-order valence-electron chi connectivity index (χ4n) is 2.29. The number of halogens is 1. The number of rotatable bonds is 6. The van der Waals surface area contributed by atoms with Crippen molar-refractivity contribution in [1.82, 2.24) is 9.55 Å². The normalized spacial score (nSPS) is 12.2. The molecule has 22 heavy (non-hydrogen) atoms. The first-order valence-electron chi connectivity index (χ1n) is 7.18. The molecule has 0 bridgehead atoms. The molecule has 3 nitrogen and oxygen atoms in total. The van der Waals surface area contributed by atoms with Crippen LogP contribution in [-0.2, 0) is 17.9 Å². The zero-order valence-electron chi connectivity index (χ0n) is 12.1. The van der Waals surface area contributed by atoms with E-state index in [0.717, 1.165) is 22.7 Å². The quantitative estimate of drug-likeness (QED) is 0.670. The molecule has 0 radical (unpaired) electrons. The first-order valence-corrected chi connectivity index (χ1v) is 7.56. The third-order valence-corrected chi connectivity index (χ3v) is 3.72. The van der Waals surface area contributed by atoms with Crippen molar-refractivity contribution in [1.29, 1.82) is 0 Å². The Morgan fingerprint density at radius 2 is 1.82 bits per heavy atom. The summed E-state index contributed by atoms with van der Waals surface area (Å²) in [6.45, 7) is 1.28. The zero-order chi connectivity index (χ0) is 15.2. The summed E-state index contributed by atoms with van der Waals surface area (Å²) in [4.78, 5) is 4.09. The molecule has 0 N–H and O–H groups in total. The number of aromatic nitrogens is 2. The lowest BCUT2D eigenvalue weighted by atomic mass is 10.1. The molecule has 3 rings (SSSR count). The van der Waals surface area contributed by atoms with Crippen molar-refractivity contribution in [2.45, 2.75) is 19.3 Å². The smallest absolute Gasteiger partial charge is 0.101 e. The molecule has 4 heteroatoms. The fourth-order valence-corrected chi connectivity index (χ4v) is 2.41. The first-order chi connectivity index (χ1) is 10.8. The third kappa shape index (κ3) is 3.97. The lowest BCUT2D eigenvalue weighted by Crippen LogP contribution is -2.12. The molecular formula is C18H17ClN2O. The molecule has 0 saturated heterocycles. The number of nitrogens with zero attached hydrogens (tertiary/aromatic N) is 2. The van der Waals surface area contributed by atoms with Crippen LogP contribution < -0.4 is 0 Å². The number of hydrogen-bond acceptors (Lipinski definition) is 2. The molecule has 0 spiro atoms. The summed E-state index contributed by atoms with van der Waals surface area (Å²) < 4.78 is 8.16. The molecule has 0 aliphatic heterocycles. The summed E-state index contributed by atoms with van der Waals surface area (Å²) in [7, 11) is 0. The van der Waals surface area contributed by atoms with E-state index in [2.05, 4.69) is 17.1 Å². The molecular weight excluding hydrogens is 296 g/mol. The minimum absolute atomic E-state index is 0.0221. The topological polar surface area (TPSA) is 27.1 Å². The predicted octanol–water partition coefficient (Wildman–Crippen LogP) is 4.49. The molecule has 0 aliphatic carbocycles. The van der Waals surface area contributed by atoms with Crippen LogP contribution in [0.3, 0.4) is 0 Å². The van der Waals surface area contributed by atoms with E-state index in [9.17, 15) is 0 Å². The largest absolute Gasteiger partial charge is 0.367 e. The summed E-state index contributed by atoms with van der Waals surface area (Å²) >= 11 is 5.91. The van der Waals surface area contributed by atoms with Gasteiger partial charge in [0.15, 0.2) is 0 Å². The standard InChI is InChI=1S/C18H17ClN2O/c19-17-8-6-15(7-9-17)13-22-18(12-21-11-10-20-14-21)16-4-2-1-3-5-16/h1-11,14,18H,12-13H2/t18-/m0/s1. The lowest BCUT2D eigenvalue weighted by molar-refractivity contribution is 0.0280. The van der Waals surface area contributed by atoms with Crippen molar-refractivity contribution in [2.24, 2.45) is 0 Å². The Morgan fingerprint density at radius 1 is 1.05 bits per heavy atom. The maximum Gasteiger partial charge on any atom is 0.101 e. The molecule has 0 amide bonds. The number of ether oxygens (including phenoxy) is 1. The van der Waals surface area contributed by atoms with Crippen LogP contribution in [0.15, 0.2) is 73.3 Å². The SMILES string of the molecule is Clc1ccc(CO[C@@H](Cn2ccnc2)c2ccccc2)cc1. The van der Waals surface area contributed by atoms with Gasteiger partial charge in [0.25, 0.3) is 0 Å². The van der Waals surface area contributed by atoms with E-state index < -0.39 is 0 Å². The molecule has 0 unspecified atom stereocenters. The monoisotopic (exact) mass is 312 g/mol. The Bertz CT molecular complexity index is 681. The molecule has 1 aromatic heterocycles. The van der Waals surface area contributed by atoms with Crippen molar-refractivity contribution in [3.05, 3.63) is 89.5 Å². The van der Waals surface area contributed by atoms with Crippen molar-refractivity contribution in [3.8, 4) is 0 Å². The minimum atomic E-state index is -0.0221. The van der Waals surface area contributed by atoms with Gasteiger partial charge in [-0.05, 0) is 23.3 Å². The molecule has 3 aromatic rings. The maximum atomic E-state index is 6.14. The maximum absolute atomic E-state index is 6.14. The molecule has 0 saturated carbocycles. The van der Waals surface area contributed by atoms with Crippen molar-refractivity contribution < 1.29 is 4.74 Å². The summed E-state index contributed by atoms with van der Waals surface area (Å²) in [5.74, 6) is 0. The van der Waals surface area contributed by atoms with Gasteiger partial charge < -0.3 is 9.30 Å².